The lowest BCUT2D eigenvalue weighted by Crippen LogP contribution is -2.13. The van der Waals surface area contributed by atoms with E-state index in [1.807, 2.05) is 25.1 Å². The van der Waals surface area contributed by atoms with E-state index in [1.54, 1.807) is 18.2 Å². The van der Waals surface area contributed by atoms with Crippen molar-refractivity contribution in [2.45, 2.75) is 13.0 Å². The molecule has 2 N–H and O–H groups in total. The summed E-state index contributed by atoms with van der Waals surface area (Å²) in [5, 5.41) is 13.5. The molecule has 0 aliphatic carbocycles. The number of fused-ring (bicyclic) bond motifs is 1. The number of halogens is 1. The first-order valence-corrected chi connectivity index (χ1v) is 7.19. The van der Waals surface area contributed by atoms with Crippen LogP contribution in [0, 0.1) is 0 Å². The Morgan fingerprint density at radius 1 is 1.33 bits per heavy atom. The number of hydrogen-bond donors (Lipinski definition) is 2. The number of phenols is 1. The molecule has 1 aliphatic heterocycles. The predicted octanol–water partition coefficient (Wildman–Crippen LogP) is 3.99. The first kappa shape index (κ1) is 13.9. The lowest BCUT2D eigenvalue weighted by Gasteiger charge is -2.17. The van der Waals surface area contributed by atoms with Gasteiger partial charge in [0.25, 0.3) is 0 Å². The van der Waals surface area contributed by atoms with Crippen molar-refractivity contribution in [2.24, 2.45) is 0 Å². The van der Waals surface area contributed by atoms with E-state index in [2.05, 4.69) is 5.32 Å². The number of anilines is 1. The van der Waals surface area contributed by atoms with E-state index in [1.165, 1.54) is 0 Å². The van der Waals surface area contributed by atoms with Gasteiger partial charge in [-0.05, 0) is 37.3 Å². The molecule has 0 aromatic heterocycles. The van der Waals surface area contributed by atoms with Crippen LogP contribution in [0.2, 0.25) is 5.02 Å². The van der Waals surface area contributed by atoms with Gasteiger partial charge in [0, 0.05) is 16.7 Å². The molecule has 1 atom stereocenters. The fourth-order valence-corrected chi connectivity index (χ4v) is 2.57. The summed E-state index contributed by atoms with van der Waals surface area (Å²) in [5.74, 6) is 1.66. The maximum Gasteiger partial charge on any atom is 0.142 e. The largest absolute Gasteiger partial charge is 0.508 e. The third-order valence-electron chi connectivity index (χ3n) is 3.35. The molecule has 0 amide bonds. The predicted molar refractivity (Wildman–Crippen MR) is 82.6 cm³/mol. The van der Waals surface area contributed by atoms with Gasteiger partial charge >= 0.3 is 0 Å². The molecule has 110 valence electrons. The molecule has 0 radical (unpaired) electrons. The number of rotatable bonds is 4. The maximum absolute atomic E-state index is 9.49. The Labute approximate surface area is 128 Å². The lowest BCUT2D eigenvalue weighted by atomic mass is 10.1. The molecule has 1 heterocycles. The number of hydrogen-bond acceptors (Lipinski definition) is 4. The normalized spacial score (nSPS) is 16.2. The topological polar surface area (TPSA) is 50.7 Å². The maximum atomic E-state index is 9.49. The second-order valence-electron chi connectivity index (χ2n) is 4.80. The first-order valence-electron chi connectivity index (χ1n) is 6.82. The van der Waals surface area contributed by atoms with Crippen molar-refractivity contribution in [3.63, 3.8) is 0 Å². The highest BCUT2D eigenvalue weighted by molar-refractivity contribution is 6.30. The van der Waals surface area contributed by atoms with Crippen LogP contribution in [-0.4, -0.2) is 18.3 Å². The summed E-state index contributed by atoms with van der Waals surface area (Å²) in [6, 6.07) is 10.6. The Morgan fingerprint density at radius 3 is 3.00 bits per heavy atom. The van der Waals surface area contributed by atoms with E-state index in [4.69, 9.17) is 21.1 Å². The second kappa shape index (κ2) is 5.74. The van der Waals surface area contributed by atoms with E-state index in [9.17, 15) is 5.11 Å². The molecular formula is C16H16ClNO3. The molecule has 2 aromatic carbocycles. The highest BCUT2D eigenvalue weighted by Crippen LogP contribution is 2.39. The molecule has 0 spiro atoms. The van der Waals surface area contributed by atoms with Gasteiger partial charge in [-0.25, -0.2) is 0 Å². The van der Waals surface area contributed by atoms with Crippen molar-refractivity contribution in [1.29, 1.82) is 0 Å². The average Bonchev–Trinajstić information content (AvgIpc) is 2.84. The molecule has 4 nitrogen and oxygen atoms in total. The third-order valence-corrected chi connectivity index (χ3v) is 3.58. The van der Waals surface area contributed by atoms with Gasteiger partial charge in [-0.2, -0.15) is 0 Å². The second-order valence-corrected chi connectivity index (χ2v) is 5.24. The number of aromatic hydroxyl groups is 1. The van der Waals surface area contributed by atoms with Crippen LogP contribution in [0.5, 0.6) is 17.2 Å². The average molecular weight is 306 g/mol. The SMILES string of the molecule is CCOc1ccc(Cl)cc1NC1COc2cc(O)ccc21. The highest BCUT2D eigenvalue weighted by atomic mass is 35.5. The summed E-state index contributed by atoms with van der Waals surface area (Å²) in [7, 11) is 0. The minimum Gasteiger partial charge on any atom is -0.508 e. The quantitative estimate of drug-likeness (QED) is 0.897. The van der Waals surface area contributed by atoms with Gasteiger partial charge in [0.2, 0.25) is 0 Å². The Balaban J connectivity index is 1.87. The highest BCUT2D eigenvalue weighted by Gasteiger charge is 2.25. The summed E-state index contributed by atoms with van der Waals surface area (Å²) in [5.41, 5.74) is 1.84. The number of ether oxygens (including phenoxy) is 2. The molecule has 0 bridgehead atoms. The van der Waals surface area contributed by atoms with Gasteiger partial charge in [0.15, 0.2) is 0 Å². The van der Waals surface area contributed by atoms with E-state index in [0.29, 0.717) is 24.0 Å². The molecule has 1 aliphatic rings. The Bertz CT molecular complexity index is 660. The molecule has 0 saturated heterocycles. The molecule has 21 heavy (non-hydrogen) atoms. The molecule has 1 unspecified atom stereocenters. The van der Waals surface area contributed by atoms with Crippen LogP contribution in [0.15, 0.2) is 36.4 Å². The molecule has 5 heteroatoms. The molecule has 0 saturated carbocycles. The van der Waals surface area contributed by atoms with Crippen LogP contribution in [0.1, 0.15) is 18.5 Å². The van der Waals surface area contributed by atoms with Gasteiger partial charge in [-0.3, -0.25) is 0 Å². The smallest absolute Gasteiger partial charge is 0.142 e. The van der Waals surface area contributed by atoms with E-state index in [0.717, 1.165) is 17.0 Å². The van der Waals surface area contributed by atoms with Crippen molar-refractivity contribution in [2.75, 3.05) is 18.5 Å². The molecule has 3 rings (SSSR count). The van der Waals surface area contributed by atoms with E-state index < -0.39 is 0 Å². The Kier molecular flexibility index (Phi) is 3.80. The standard InChI is InChI=1S/C16H16ClNO3/c1-2-20-15-6-3-10(17)7-13(15)18-14-9-21-16-8-11(19)4-5-12(14)16/h3-8,14,18-19H,2,9H2,1H3. The van der Waals surface area contributed by atoms with Crippen molar-refractivity contribution in [3.05, 3.63) is 47.0 Å². The van der Waals surface area contributed by atoms with Gasteiger partial charge in [-0.15, -0.1) is 0 Å². The van der Waals surface area contributed by atoms with Crippen LogP contribution in [-0.2, 0) is 0 Å². The molecule has 2 aromatic rings. The Morgan fingerprint density at radius 2 is 2.19 bits per heavy atom. The van der Waals surface area contributed by atoms with Crippen molar-refractivity contribution >= 4 is 17.3 Å². The minimum absolute atomic E-state index is 0.00160. The zero-order valence-electron chi connectivity index (χ0n) is 11.6. The summed E-state index contributed by atoms with van der Waals surface area (Å²) in [4.78, 5) is 0. The van der Waals surface area contributed by atoms with Crippen LogP contribution in [0.4, 0.5) is 5.69 Å². The lowest BCUT2D eigenvalue weighted by molar-refractivity contribution is 0.333. The van der Waals surface area contributed by atoms with Gasteiger partial charge in [-0.1, -0.05) is 11.6 Å². The zero-order chi connectivity index (χ0) is 14.8. The number of phenolic OH excluding ortho intramolecular Hbond substituents is 1. The summed E-state index contributed by atoms with van der Waals surface area (Å²) >= 11 is 6.06. The fraction of sp³-hybridized carbons (Fsp3) is 0.250. The van der Waals surface area contributed by atoms with Gasteiger partial charge < -0.3 is 19.9 Å². The van der Waals surface area contributed by atoms with Crippen LogP contribution >= 0.6 is 11.6 Å². The Hall–Kier alpha value is -2.07. The van der Waals surface area contributed by atoms with E-state index >= 15 is 0 Å². The fourth-order valence-electron chi connectivity index (χ4n) is 2.40. The molecular weight excluding hydrogens is 290 g/mol. The van der Waals surface area contributed by atoms with Crippen molar-refractivity contribution < 1.29 is 14.6 Å². The summed E-state index contributed by atoms with van der Waals surface area (Å²) < 4.78 is 11.2. The monoisotopic (exact) mass is 305 g/mol. The first-order chi connectivity index (χ1) is 10.2. The number of benzene rings is 2. The van der Waals surface area contributed by atoms with Crippen molar-refractivity contribution in [3.8, 4) is 17.2 Å². The number of nitrogens with one attached hydrogen (secondary N) is 1. The minimum atomic E-state index is -0.00160. The van der Waals surface area contributed by atoms with Crippen LogP contribution < -0.4 is 14.8 Å². The molecule has 0 fully saturated rings. The third kappa shape index (κ3) is 2.85. The van der Waals surface area contributed by atoms with Gasteiger partial charge in [0.1, 0.15) is 23.9 Å². The zero-order valence-corrected chi connectivity index (χ0v) is 12.4. The summed E-state index contributed by atoms with van der Waals surface area (Å²) in [6.45, 7) is 3.02. The van der Waals surface area contributed by atoms with Crippen molar-refractivity contribution in [1.82, 2.24) is 0 Å². The van der Waals surface area contributed by atoms with Gasteiger partial charge in [0.05, 0.1) is 18.3 Å². The van der Waals surface area contributed by atoms with Crippen LogP contribution in [0.25, 0.3) is 0 Å². The van der Waals surface area contributed by atoms with E-state index in [-0.39, 0.29) is 11.8 Å². The van der Waals surface area contributed by atoms with Crippen LogP contribution in [0.3, 0.4) is 0 Å². The summed E-state index contributed by atoms with van der Waals surface area (Å²) in [6.07, 6.45) is 0.